The van der Waals surface area contributed by atoms with Crippen LogP contribution in [0.2, 0.25) is 0 Å². The van der Waals surface area contributed by atoms with Crippen molar-refractivity contribution in [2.75, 3.05) is 0 Å². The van der Waals surface area contributed by atoms with Crippen LogP contribution in [0.5, 0.6) is 0 Å². The molecule has 150 valence electrons. The van der Waals surface area contributed by atoms with E-state index in [0.717, 1.165) is 12.8 Å². The maximum atomic E-state index is 12.3. The van der Waals surface area contributed by atoms with E-state index in [1.807, 2.05) is 6.07 Å². The molecule has 0 spiro atoms. The monoisotopic (exact) mass is 406 g/mol. The molecule has 28 heavy (non-hydrogen) atoms. The molecule has 4 N–H and O–H groups in total. The Bertz CT molecular complexity index is 846. The van der Waals surface area contributed by atoms with Gasteiger partial charge in [-0.05, 0) is 31.9 Å². The Labute approximate surface area is 165 Å². The van der Waals surface area contributed by atoms with Crippen molar-refractivity contribution in [2.45, 2.75) is 55.6 Å². The number of thioether (sulfide) groups is 1. The number of aromatic nitrogens is 3. The molecule has 1 aliphatic rings. The summed E-state index contributed by atoms with van der Waals surface area (Å²) in [6.45, 7) is 2.03. The van der Waals surface area contributed by atoms with E-state index in [1.54, 1.807) is 23.8 Å². The summed E-state index contributed by atoms with van der Waals surface area (Å²) in [4.78, 5) is 35.1. The average molecular weight is 406 g/mol. The molecule has 1 saturated carbocycles. The topological polar surface area (TPSA) is 145 Å². The van der Waals surface area contributed by atoms with Crippen LogP contribution in [-0.4, -0.2) is 43.9 Å². The zero-order valence-corrected chi connectivity index (χ0v) is 16.2. The number of furan rings is 1. The Kier molecular flexibility index (Phi) is 6.34. The van der Waals surface area contributed by atoms with E-state index in [-0.39, 0.29) is 12.5 Å². The Morgan fingerprint density at radius 2 is 2.18 bits per heavy atom. The molecule has 2 aromatic rings. The van der Waals surface area contributed by atoms with Gasteiger partial charge in [-0.15, -0.1) is 10.2 Å². The van der Waals surface area contributed by atoms with Gasteiger partial charge in [0.25, 0.3) is 0 Å². The van der Waals surface area contributed by atoms with E-state index in [1.165, 1.54) is 11.8 Å². The first kappa shape index (κ1) is 19.9. The molecule has 3 rings (SSSR count). The second-order valence-electron chi connectivity index (χ2n) is 6.53. The summed E-state index contributed by atoms with van der Waals surface area (Å²) in [5, 5.41) is 13.2. The van der Waals surface area contributed by atoms with Gasteiger partial charge in [0.1, 0.15) is 11.6 Å². The number of primary amides is 1. The first-order valence-corrected chi connectivity index (χ1v) is 9.81. The minimum Gasteiger partial charge on any atom is -0.467 e. The summed E-state index contributed by atoms with van der Waals surface area (Å²) >= 11 is 1.17. The minimum absolute atomic E-state index is 0.137. The molecule has 2 aromatic heterocycles. The lowest BCUT2D eigenvalue weighted by Gasteiger charge is -2.13. The Morgan fingerprint density at radius 3 is 2.82 bits per heavy atom. The molecule has 0 saturated heterocycles. The maximum absolute atomic E-state index is 12.3. The quantitative estimate of drug-likeness (QED) is 0.522. The van der Waals surface area contributed by atoms with Crippen molar-refractivity contribution < 1.29 is 18.8 Å². The molecule has 0 bridgehead atoms. The van der Waals surface area contributed by atoms with Crippen LogP contribution in [0.3, 0.4) is 0 Å². The molecular weight excluding hydrogens is 384 g/mol. The largest absolute Gasteiger partial charge is 0.467 e. The van der Waals surface area contributed by atoms with E-state index in [2.05, 4.69) is 20.8 Å². The van der Waals surface area contributed by atoms with E-state index in [0.29, 0.717) is 29.7 Å². The van der Waals surface area contributed by atoms with Crippen molar-refractivity contribution in [1.82, 2.24) is 25.4 Å². The fourth-order valence-corrected chi connectivity index (χ4v) is 3.28. The van der Waals surface area contributed by atoms with E-state index in [9.17, 15) is 14.4 Å². The van der Waals surface area contributed by atoms with Crippen LogP contribution in [0.4, 0.5) is 4.79 Å². The van der Waals surface area contributed by atoms with E-state index < -0.39 is 23.1 Å². The second kappa shape index (κ2) is 8.91. The number of imide groups is 1. The third-order valence-corrected chi connectivity index (χ3v) is 5.16. The molecule has 0 aromatic carbocycles. The van der Waals surface area contributed by atoms with Gasteiger partial charge in [-0.3, -0.25) is 19.5 Å². The number of nitrogens with zero attached hydrogens (tertiary/aromatic N) is 3. The van der Waals surface area contributed by atoms with E-state index >= 15 is 0 Å². The van der Waals surface area contributed by atoms with Crippen molar-refractivity contribution >= 4 is 29.6 Å². The van der Waals surface area contributed by atoms with Crippen LogP contribution in [0.15, 0.2) is 28.0 Å². The molecule has 1 unspecified atom stereocenters. The van der Waals surface area contributed by atoms with Crippen molar-refractivity contribution in [3.8, 4) is 0 Å². The lowest BCUT2D eigenvalue weighted by atomic mass is 10.3. The Balaban J connectivity index is 1.67. The van der Waals surface area contributed by atoms with Gasteiger partial charge in [0, 0.05) is 18.9 Å². The van der Waals surface area contributed by atoms with Crippen LogP contribution < -0.4 is 16.4 Å². The number of carbonyl (C=O) groups excluding carboxylic acids is 3. The predicted molar refractivity (Wildman–Crippen MR) is 100 cm³/mol. The zero-order valence-electron chi connectivity index (χ0n) is 15.4. The third kappa shape index (κ3) is 5.59. The van der Waals surface area contributed by atoms with Gasteiger partial charge in [-0.1, -0.05) is 11.8 Å². The maximum Gasteiger partial charge on any atom is 0.321 e. The number of hydrogen-bond acceptors (Lipinski definition) is 7. The van der Waals surface area contributed by atoms with Crippen molar-refractivity contribution in [3.63, 3.8) is 0 Å². The van der Waals surface area contributed by atoms with Gasteiger partial charge in [-0.25, -0.2) is 4.79 Å². The van der Waals surface area contributed by atoms with Gasteiger partial charge in [-0.2, -0.15) is 0 Å². The summed E-state index contributed by atoms with van der Waals surface area (Å²) in [6.07, 6.45) is 3.90. The molecule has 0 radical (unpaired) electrons. The average Bonchev–Trinajstić information content (AvgIpc) is 3.15. The van der Waals surface area contributed by atoms with Gasteiger partial charge in [0.2, 0.25) is 11.8 Å². The number of nitrogens with two attached hydrogens (primary N) is 1. The van der Waals surface area contributed by atoms with Crippen LogP contribution in [0, 0.1) is 0 Å². The van der Waals surface area contributed by atoms with Crippen LogP contribution >= 0.6 is 11.8 Å². The first-order chi connectivity index (χ1) is 13.4. The molecule has 2 heterocycles. The first-order valence-electron chi connectivity index (χ1n) is 8.93. The SMILES string of the molecule is CC(Sc1nnc(CCC(N)=O)n1Cc1ccco1)C(=O)NC(=O)NC1CC1. The number of aryl methyl sites for hydroxylation is 1. The van der Waals surface area contributed by atoms with Crippen LogP contribution in [0.1, 0.15) is 37.8 Å². The Morgan fingerprint density at radius 1 is 1.39 bits per heavy atom. The summed E-state index contributed by atoms with van der Waals surface area (Å²) in [5.74, 6) is 0.394. The summed E-state index contributed by atoms with van der Waals surface area (Å²) in [5.41, 5.74) is 5.23. The lowest BCUT2D eigenvalue weighted by molar-refractivity contribution is -0.119. The van der Waals surface area contributed by atoms with E-state index in [4.69, 9.17) is 10.2 Å². The molecule has 11 heteroatoms. The highest BCUT2D eigenvalue weighted by Gasteiger charge is 2.26. The van der Waals surface area contributed by atoms with Gasteiger partial charge >= 0.3 is 6.03 Å². The summed E-state index contributed by atoms with van der Waals surface area (Å²) < 4.78 is 7.16. The van der Waals surface area contributed by atoms with Gasteiger partial charge < -0.3 is 15.5 Å². The number of hydrogen-bond donors (Lipinski definition) is 3. The minimum atomic E-state index is -0.575. The highest BCUT2D eigenvalue weighted by molar-refractivity contribution is 8.00. The van der Waals surface area contributed by atoms with Crippen molar-refractivity contribution in [3.05, 3.63) is 30.0 Å². The molecule has 0 aliphatic heterocycles. The fourth-order valence-electron chi connectivity index (χ4n) is 2.42. The third-order valence-electron chi connectivity index (χ3n) is 4.08. The van der Waals surface area contributed by atoms with Crippen molar-refractivity contribution in [1.29, 1.82) is 0 Å². The standard InChI is InChI=1S/C17H22N6O4S/c1-10(15(25)20-16(26)19-11-4-5-11)28-17-22-21-14(7-6-13(18)24)23(17)9-12-3-2-8-27-12/h2-3,8,10-11H,4-7,9H2,1H3,(H2,18,24)(H2,19,20,25,26). The molecular formula is C17H22N6O4S. The molecule has 10 nitrogen and oxygen atoms in total. The molecule has 1 aliphatic carbocycles. The van der Waals surface area contributed by atoms with Crippen LogP contribution in [-0.2, 0) is 22.6 Å². The molecule has 1 fully saturated rings. The summed E-state index contributed by atoms with van der Waals surface area (Å²) in [6, 6.07) is 3.26. The van der Waals surface area contributed by atoms with Gasteiger partial charge in [0.15, 0.2) is 5.16 Å². The number of urea groups is 1. The lowest BCUT2D eigenvalue weighted by Crippen LogP contribution is -2.43. The number of amides is 4. The highest BCUT2D eigenvalue weighted by atomic mass is 32.2. The normalized spacial score (nSPS) is 14.5. The number of nitrogens with one attached hydrogen (secondary N) is 2. The zero-order chi connectivity index (χ0) is 20.1. The summed E-state index contributed by atoms with van der Waals surface area (Å²) in [7, 11) is 0. The fraction of sp³-hybridized carbons (Fsp3) is 0.471. The number of rotatable bonds is 9. The van der Waals surface area contributed by atoms with Crippen molar-refractivity contribution in [2.24, 2.45) is 5.73 Å². The molecule has 1 atom stereocenters. The second-order valence-corrected chi connectivity index (χ2v) is 7.84. The highest BCUT2D eigenvalue weighted by Crippen LogP contribution is 2.24. The number of carbonyl (C=O) groups is 3. The van der Waals surface area contributed by atoms with Crippen LogP contribution in [0.25, 0.3) is 0 Å². The smallest absolute Gasteiger partial charge is 0.321 e. The molecule has 4 amide bonds. The Hall–Kier alpha value is -2.82. The van der Waals surface area contributed by atoms with Gasteiger partial charge in [0.05, 0.1) is 18.1 Å². The predicted octanol–water partition coefficient (Wildman–Crippen LogP) is 0.806.